The minimum absolute atomic E-state index is 0. The predicted octanol–water partition coefficient (Wildman–Crippen LogP) is 12.4. The molecular formula is C48H37IrN3O-2. The SMILES string of the molecule is Cc1cccc(C)c1-n1ccnc1-c1[c-]cccc1.[2H]C([2H])([2H])c1cnc(-c2[c-]ccc3c2oc2ccccc23)cc1-c1ccc(-c2ccccc2)cc1C([2H])([2H])[2H].[Ir]. The van der Waals surface area contributed by atoms with E-state index in [0.29, 0.717) is 28.0 Å². The Morgan fingerprint density at radius 2 is 1.43 bits per heavy atom. The standard InChI is InChI=1S/C31H22NO.C17H15N2.Ir/c1-20-17-23(22-9-4-3-5-10-22)15-16-24(20)28-18-29(32-19-21(28)2)27-13-8-12-26-25-11-6-7-14-30(25)33-31(26)27;1-13-7-6-8-14(2)16(13)19-12-11-18-17(19)15-9-4-3-5-10-15;/h3-12,14-19H,1-2H3;3-9,11-12H,1-2H3;/q2*-1;/i1D3,2D3;;. The summed E-state index contributed by atoms with van der Waals surface area (Å²) in [5.74, 6) is 0.929. The third-order valence-electron chi connectivity index (χ3n) is 9.19. The van der Waals surface area contributed by atoms with E-state index in [-0.39, 0.29) is 36.8 Å². The summed E-state index contributed by atoms with van der Waals surface area (Å²) in [6.45, 7) is -0.748. The summed E-state index contributed by atoms with van der Waals surface area (Å²) in [4.78, 5) is 8.96. The number of hydrogen-bond donors (Lipinski definition) is 0. The maximum absolute atomic E-state index is 8.29. The number of hydrogen-bond acceptors (Lipinski definition) is 3. The van der Waals surface area contributed by atoms with Crippen LogP contribution >= 0.6 is 0 Å². The number of rotatable bonds is 5. The summed E-state index contributed by atoms with van der Waals surface area (Å²) < 4.78 is 57.7. The summed E-state index contributed by atoms with van der Waals surface area (Å²) in [7, 11) is 0. The molecule has 261 valence electrons. The van der Waals surface area contributed by atoms with E-state index in [1.165, 1.54) is 23.0 Å². The summed E-state index contributed by atoms with van der Waals surface area (Å²) >= 11 is 0. The zero-order valence-electron chi connectivity index (χ0n) is 35.0. The Labute approximate surface area is 332 Å². The van der Waals surface area contributed by atoms with Crippen LogP contribution in [-0.4, -0.2) is 14.5 Å². The van der Waals surface area contributed by atoms with Crippen LogP contribution in [0.3, 0.4) is 0 Å². The van der Waals surface area contributed by atoms with Gasteiger partial charge >= 0.3 is 0 Å². The zero-order chi connectivity index (χ0) is 40.6. The minimum atomic E-state index is -2.51. The van der Waals surface area contributed by atoms with Gasteiger partial charge in [0.25, 0.3) is 0 Å². The molecule has 9 aromatic rings. The van der Waals surface area contributed by atoms with Gasteiger partial charge in [-0.2, -0.15) is 0 Å². The fraction of sp³-hybridized carbons (Fsp3) is 0.0833. The van der Waals surface area contributed by atoms with Crippen molar-refractivity contribution < 1.29 is 32.7 Å². The Morgan fingerprint density at radius 3 is 2.23 bits per heavy atom. The smallest absolute Gasteiger partial charge is 0.120 e. The Morgan fingerprint density at radius 1 is 0.642 bits per heavy atom. The van der Waals surface area contributed by atoms with E-state index < -0.39 is 13.7 Å². The Balaban J connectivity index is 0.000000221. The fourth-order valence-corrected chi connectivity index (χ4v) is 6.69. The van der Waals surface area contributed by atoms with Gasteiger partial charge in [0.15, 0.2) is 0 Å². The second-order valence-corrected chi connectivity index (χ2v) is 12.6. The van der Waals surface area contributed by atoms with Crippen LogP contribution in [0.25, 0.3) is 72.5 Å². The first kappa shape index (κ1) is 28.7. The largest absolute Gasteiger partial charge is 0.501 e. The van der Waals surface area contributed by atoms with Crippen molar-refractivity contribution in [3.05, 3.63) is 186 Å². The molecule has 0 amide bonds. The van der Waals surface area contributed by atoms with Gasteiger partial charge < -0.3 is 14.0 Å². The van der Waals surface area contributed by atoms with Gasteiger partial charge in [0.05, 0.1) is 11.4 Å². The molecule has 53 heavy (non-hydrogen) atoms. The van der Waals surface area contributed by atoms with Crippen molar-refractivity contribution in [3.8, 4) is 50.6 Å². The van der Waals surface area contributed by atoms with Crippen molar-refractivity contribution >= 4 is 21.9 Å². The molecule has 0 aliphatic rings. The first-order chi connectivity index (χ1) is 27.9. The molecule has 0 saturated heterocycles. The molecule has 4 nitrogen and oxygen atoms in total. The van der Waals surface area contributed by atoms with Gasteiger partial charge in [-0.15, -0.1) is 54.1 Å². The molecule has 3 aromatic heterocycles. The zero-order valence-corrected chi connectivity index (χ0v) is 31.4. The van der Waals surface area contributed by atoms with Gasteiger partial charge in [-0.25, -0.2) is 0 Å². The number of imidazole rings is 1. The van der Waals surface area contributed by atoms with Crippen LogP contribution in [-0.2, 0) is 20.1 Å². The topological polar surface area (TPSA) is 43.9 Å². The van der Waals surface area contributed by atoms with E-state index in [2.05, 4.69) is 58.7 Å². The number of aromatic nitrogens is 3. The van der Waals surface area contributed by atoms with Crippen LogP contribution in [0.2, 0.25) is 0 Å². The molecule has 0 unspecified atom stereocenters. The number of benzene rings is 6. The van der Waals surface area contributed by atoms with Gasteiger partial charge in [0, 0.05) is 58.0 Å². The molecule has 0 saturated carbocycles. The van der Waals surface area contributed by atoms with Crippen LogP contribution in [0.1, 0.15) is 30.5 Å². The van der Waals surface area contributed by atoms with E-state index >= 15 is 0 Å². The van der Waals surface area contributed by atoms with E-state index in [9.17, 15) is 0 Å². The quantitative estimate of drug-likeness (QED) is 0.162. The van der Waals surface area contributed by atoms with E-state index in [0.717, 1.165) is 33.3 Å². The predicted molar refractivity (Wildman–Crippen MR) is 213 cm³/mol. The number of pyridine rings is 1. The maximum atomic E-state index is 8.29. The molecule has 0 aliphatic carbocycles. The molecule has 0 spiro atoms. The monoisotopic (exact) mass is 870 g/mol. The second kappa shape index (κ2) is 15.4. The number of aryl methyl sites for hydroxylation is 4. The molecule has 0 atom stereocenters. The van der Waals surface area contributed by atoms with Crippen LogP contribution in [0, 0.1) is 39.7 Å². The molecule has 0 bridgehead atoms. The molecule has 0 aliphatic heterocycles. The van der Waals surface area contributed by atoms with Crippen molar-refractivity contribution in [2.75, 3.05) is 0 Å². The first-order valence-electron chi connectivity index (χ1n) is 20.0. The molecule has 5 heteroatoms. The number of fused-ring (bicyclic) bond motifs is 3. The molecule has 1 radical (unpaired) electrons. The van der Waals surface area contributed by atoms with E-state index in [1.807, 2.05) is 103 Å². The molecule has 0 N–H and O–H groups in total. The Hall–Kier alpha value is -5.87. The summed E-state index contributed by atoms with van der Waals surface area (Å²) in [5, 5.41) is 1.83. The van der Waals surface area contributed by atoms with E-state index in [1.54, 1.807) is 24.3 Å². The molecule has 0 fully saturated rings. The van der Waals surface area contributed by atoms with Crippen LogP contribution in [0.15, 0.2) is 156 Å². The van der Waals surface area contributed by atoms with Crippen LogP contribution in [0.4, 0.5) is 0 Å². The fourth-order valence-electron chi connectivity index (χ4n) is 6.69. The number of nitrogens with zero attached hydrogens (tertiary/aromatic N) is 3. The van der Waals surface area contributed by atoms with Gasteiger partial charge in [0.2, 0.25) is 0 Å². The Kier molecular flexibility index (Phi) is 8.33. The maximum Gasteiger partial charge on any atom is 0.120 e. The Bertz CT molecular complexity index is 2880. The van der Waals surface area contributed by atoms with Gasteiger partial charge in [-0.1, -0.05) is 102 Å². The normalized spacial score (nSPS) is 13.0. The first-order valence-corrected chi connectivity index (χ1v) is 17.0. The molecule has 6 aromatic carbocycles. The van der Waals surface area contributed by atoms with Gasteiger partial charge in [0.1, 0.15) is 5.58 Å². The van der Waals surface area contributed by atoms with Crippen molar-refractivity contribution in [2.24, 2.45) is 0 Å². The van der Waals surface area contributed by atoms with Crippen LogP contribution in [0.5, 0.6) is 0 Å². The molecule has 3 heterocycles. The number of para-hydroxylation sites is 2. The third-order valence-corrected chi connectivity index (χ3v) is 9.19. The van der Waals surface area contributed by atoms with Crippen molar-refractivity contribution in [3.63, 3.8) is 0 Å². The minimum Gasteiger partial charge on any atom is -0.501 e. The summed E-state index contributed by atoms with van der Waals surface area (Å²) in [6, 6.07) is 48.3. The van der Waals surface area contributed by atoms with E-state index in [4.69, 9.17) is 12.6 Å². The van der Waals surface area contributed by atoms with Crippen molar-refractivity contribution in [1.82, 2.24) is 14.5 Å². The third kappa shape index (κ3) is 7.02. The van der Waals surface area contributed by atoms with Gasteiger partial charge in [-0.05, 0) is 83.8 Å². The van der Waals surface area contributed by atoms with Crippen LogP contribution < -0.4 is 0 Å². The van der Waals surface area contributed by atoms with Crippen molar-refractivity contribution in [2.45, 2.75) is 27.6 Å². The average molecular weight is 870 g/mol. The summed E-state index contributed by atoms with van der Waals surface area (Å²) in [6.07, 6.45) is 5.15. The van der Waals surface area contributed by atoms with Gasteiger partial charge in [-0.3, -0.25) is 4.98 Å². The molecule has 9 rings (SSSR count). The van der Waals surface area contributed by atoms with Crippen molar-refractivity contribution in [1.29, 1.82) is 0 Å². The number of furan rings is 1. The second-order valence-electron chi connectivity index (χ2n) is 12.6. The molecular weight excluding hydrogens is 827 g/mol. The summed E-state index contributed by atoms with van der Waals surface area (Å²) in [5.41, 5.74) is 9.25. The average Bonchev–Trinajstić information content (AvgIpc) is 3.86.